The third-order valence-corrected chi connectivity index (χ3v) is 3.51. The van der Waals surface area contributed by atoms with Gasteiger partial charge in [-0.15, -0.1) is 0 Å². The highest BCUT2D eigenvalue weighted by molar-refractivity contribution is 9.10. The van der Waals surface area contributed by atoms with Gasteiger partial charge in [0.05, 0.1) is 0 Å². The van der Waals surface area contributed by atoms with Crippen LogP contribution in [-0.2, 0) is 4.79 Å². The lowest BCUT2D eigenvalue weighted by atomic mass is 10.1. The van der Waals surface area contributed by atoms with Gasteiger partial charge in [0.2, 0.25) is 6.10 Å². The lowest BCUT2D eigenvalue weighted by Crippen LogP contribution is -2.38. The zero-order valence-corrected chi connectivity index (χ0v) is 11.8. The molecule has 0 N–H and O–H groups in total. The van der Waals surface area contributed by atoms with Crippen molar-refractivity contribution in [2.24, 2.45) is 0 Å². The van der Waals surface area contributed by atoms with Gasteiger partial charge in [-0.2, -0.15) is 0 Å². The maximum absolute atomic E-state index is 12.3. The van der Waals surface area contributed by atoms with Gasteiger partial charge in [0, 0.05) is 23.3 Å². The van der Waals surface area contributed by atoms with Gasteiger partial charge in [0.1, 0.15) is 0 Å². The van der Waals surface area contributed by atoms with Gasteiger partial charge in [0.25, 0.3) is 5.91 Å². The molecule has 3 rings (SSSR count). The number of hydrogen-bond donors (Lipinski definition) is 0. The Hall–Kier alpha value is -1.88. The average molecular weight is 319 g/mol. The largest absolute Gasteiger partial charge is 0.472 e. The number of carbonyl (C=O) groups excluding carboxylic acids is 1. The molecule has 0 radical (unpaired) electrons. The van der Waals surface area contributed by atoms with Crippen LogP contribution >= 0.6 is 15.9 Å². The SMILES string of the molecule is CN1C(=O)C(c2cccc(Br)c2)Oc2cccnc21. The highest BCUT2D eigenvalue weighted by atomic mass is 79.9. The number of pyridine rings is 1. The summed E-state index contributed by atoms with van der Waals surface area (Å²) in [4.78, 5) is 18.0. The minimum atomic E-state index is -0.626. The molecule has 0 saturated carbocycles. The highest BCUT2D eigenvalue weighted by Gasteiger charge is 2.34. The van der Waals surface area contributed by atoms with Crippen molar-refractivity contribution in [3.05, 3.63) is 52.6 Å². The van der Waals surface area contributed by atoms with Crippen LogP contribution in [0.2, 0.25) is 0 Å². The molecule has 0 saturated heterocycles. The Morgan fingerprint density at radius 1 is 1.32 bits per heavy atom. The van der Waals surface area contributed by atoms with E-state index in [-0.39, 0.29) is 5.91 Å². The molecule has 1 aliphatic heterocycles. The van der Waals surface area contributed by atoms with Gasteiger partial charge in [-0.3, -0.25) is 9.69 Å². The molecule has 1 atom stereocenters. The van der Waals surface area contributed by atoms with Gasteiger partial charge in [0.15, 0.2) is 11.6 Å². The highest BCUT2D eigenvalue weighted by Crippen LogP contribution is 2.36. The number of carbonyl (C=O) groups is 1. The van der Waals surface area contributed by atoms with Crippen molar-refractivity contribution in [3.8, 4) is 5.75 Å². The fraction of sp³-hybridized carbons (Fsp3) is 0.143. The first-order valence-electron chi connectivity index (χ1n) is 5.81. The number of likely N-dealkylation sites (N-methyl/N-ethyl adjacent to an activating group) is 1. The van der Waals surface area contributed by atoms with E-state index in [1.165, 1.54) is 4.90 Å². The first kappa shape index (κ1) is 12.2. The van der Waals surface area contributed by atoms with Crippen LogP contribution in [0.4, 0.5) is 5.82 Å². The summed E-state index contributed by atoms with van der Waals surface area (Å²) < 4.78 is 6.70. The summed E-state index contributed by atoms with van der Waals surface area (Å²) in [6.07, 6.45) is 1.02. The summed E-state index contributed by atoms with van der Waals surface area (Å²) in [6.45, 7) is 0. The predicted octanol–water partition coefficient (Wildman–Crippen LogP) is 2.94. The normalized spacial score (nSPS) is 17.9. The van der Waals surface area contributed by atoms with Crippen molar-refractivity contribution >= 4 is 27.7 Å². The molecule has 1 aromatic carbocycles. The van der Waals surface area contributed by atoms with Gasteiger partial charge in [-0.05, 0) is 24.3 Å². The first-order valence-corrected chi connectivity index (χ1v) is 6.61. The predicted molar refractivity (Wildman–Crippen MR) is 75.2 cm³/mol. The van der Waals surface area contributed by atoms with E-state index in [9.17, 15) is 4.79 Å². The molecule has 2 aromatic rings. The number of hydrogen-bond acceptors (Lipinski definition) is 3. The Morgan fingerprint density at radius 3 is 2.95 bits per heavy atom. The van der Waals surface area contributed by atoms with E-state index < -0.39 is 6.10 Å². The maximum atomic E-state index is 12.3. The van der Waals surface area contributed by atoms with Crippen molar-refractivity contribution in [1.29, 1.82) is 0 Å². The molecule has 5 heteroatoms. The Bertz CT molecular complexity index is 645. The second-order valence-corrected chi connectivity index (χ2v) is 5.19. The van der Waals surface area contributed by atoms with Gasteiger partial charge < -0.3 is 4.74 Å². The molecule has 2 heterocycles. The molecule has 1 unspecified atom stereocenters. The van der Waals surface area contributed by atoms with Crippen molar-refractivity contribution in [2.45, 2.75) is 6.10 Å². The summed E-state index contributed by atoms with van der Waals surface area (Å²) >= 11 is 3.40. The Kier molecular flexibility index (Phi) is 2.98. The molecule has 4 nitrogen and oxygen atoms in total. The third kappa shape index (κ3) is 2.10. The topological polar surface area (TPSA) is 42.4 Å². The van der Waals surface area contributed by atoms with E-state index in [2.05, 4.69) is 20.9 Å². The van der Waals surface area contributed by atoms with Crippen molar-refractivity contribution in [3.63, 3.8) is 0 Å². The minimum Gasteiger partial charge on any atom is -0.472 e. The number of nitrogens with zero attached hydrogens (tertiary/aromatic N) is 2. The molecule has 19 heavy (non-hydrogen) atoms. The Labute approximate surface area is 119 Å². The molecular formula is C14H11BrN2O2. The Balaban J connectivity index is 2.04. The second kappa shape index (κ2) is 4.66. The quantitative estimate of drug-likeness (QED) is 0.812. The fourth-order valence-electron chi connectivity index (χ4n) is 2.06. The number of fused-ring (bicyclic) bond motifs is 1. The van der Waals surface area contributed by atoms with Crippen LogP contribution in [0.1, 0.15) is 11.7 Å². The second-order valence-electron chi connectivity index (χ2n) is 4.28. The summed E-state index contributed by atoms with van der Waals surface area (Å²) in [5, 5.41) is 0. The van der Waals surface area contributed by atoms with Gasteiger partial charge >= 0.3 is 0 Å². The monoisotopic (exact) mass is 318 g/mol. The van der Waals surface area contributed by atoms with E-state index in [1.54, 1.807) is 19.3 Å². The zero-order valence-electron chi connectivity index (χ0n) is 10.2. The molecule has 1 amide bonds. The molecule has 96 valence electrons. The summed E-state index contributed by atoms with van der Waals surface area (Å²) in [5.74, 6) is 1.05. The van der Waals surface area contributed by atoms with Gasteiger partial charge in [-0.25, -0.2) is 4.98 Å². The molecule has 1 aliphatic rings. The molecular weight excluding hydrogens is 308 g/mol. The summed E-state index contributed by atoms with van der Waals surface area (Å²) in [5.41, 5.74) is 0.820. The molecule has 0 aliphatic carbocycles. The van der Waals surface area contributed by atoms with E-state index in [0.717, 1.165) is 10.0 Å². The first-order chi connectivity index (χ1) is 9.16. The van der Waals surface area contributed by atoms with Crippen molar-refractivity contribution in [2.75, 3.05) is 11.9 Å². The molecule has 0 fully saturated rings. The van der Waals surface area contributed by atoms with Crippen LogP contribution in [-0.4, -0.2) is 17.9 Å². The summed E-state index contributed by atoms with van der Waals surface area (Å²) in [7, 11) is 1.71. The number of anilines is 1. The number of ether oxygens (including phenoxy) is 1. The lowest BCUT2D eigenvalue weighted by molar-refractivity contribution is -0.126. The van der Waals surface area contributed by atoms with Crippen molar-refractivity contribution < 1.29 is 9.53 Å². The van der Waals surface area contributed by atoms with Crippen molar-refractivity contribution in [1.82, 2.24) is 4.98 Å². The van der Waals surface area contributed by atoms with E-state index in [0.29, 0.717) is 11.6 Å². The number of aromatic nitrogens is 1. The fourth-order valence-corrected chi connectivity index (χ4v) is 2.48. The molecule has 0 bridgehead atoms. The van der Waals surface area contributed by atoms with E-state index >= 15 is 0 Å². The van der Waals surface area contributed by atoms with Crippen LogP contribution in [0.25, 0.3) is 0 Å². The van der Waals surface area contributed by atoms with Gasteiger partial charge in [-0.1, -0.05) is 28.1 Å². The average Bonchev–Trinajstić information content (AvgIpc) is 2.43. The molecule has 0 spiro atoms. The van der Waals surface area contributed by atoms with E-state index in [4.69, 9.17) is 4.74 Å². The van der Waals surface area contributed by atoms with E-state index in [1.807, 2.05) is 30.3 Å². The van der Waals surface area contributed by atoms with Crippen LogP contribution < -0.4 is 9.64 Å². The third-order valence-electron chi connectivity index (χ3n) is 3.02. The smallest absolute Gasteiger partial charge is 0.273 e. The lowest BCUT2D eigenvalue weighted by Gasteiger charge is -2.31. The number of benzene rings is 1. The van der Waals surface area contributed by atoms with Crippen LogP contribution in [0.15, 0.2) is 47.1 Å². The Morgan fingerprint density at radius 2 is 2.16 bits per heavy atom. The standard InChI is InChI=1S/C14H11BrN2O2/c1-17-13-11(6-3-7-16-13)19-12(14(17)18)9-4-2-5-10(15)8-9/h2-8,12H,1H3. The minimum absolute atomic E-state index is 0.121. The zero-order chi connectivity index (χ0) is 13.4. The molecule has 1 aromatic heterocycles. The number of rotatable bonds is 1. The van der Waals surface area contributed by atoms with Crippen LogP contribution in [0.5, 0.6) is 5.75 Å². The maximum Gasteiger partial charge on any atom is 0.273 e. The van der Waals surface area contributed by atoms with Crippen LogP contribution in [0.3, 0.4) is 0 Å². The number of halogens is 1. The van der Waals surface area contributed by atoms with Crippen LogP contribution in [0, 0.1) is 0 Å². The number of amides is 1. The summed E-state index contributed by atoms with van der Waals surface area (Å²) in [6, 6.07) is 11.2.